The minimum absolute atomic E-state index is 2.02. The van der Waals surface area contributed by atoms with Crippen LogP contribution in [-0.2, 0) is 10.0 Å². The third-order valence-electron chi connectivity index (χ3n) is 1.67. The van der Waals surface area contributed by atoms with Gasteiger partial charge in [-0.3, -0.25) is 0 Å². The van der Waals surface area contributed by atoms with Crippen molar-refractivity contribution in [3.8, 4) is 5.75 Å². The van der Waals surface area contributed by atoms with Crippen molar-refractivity contribution in [1.82, 2.24) is 0 Å². The fourth-order valence-corrected chi connectivity index (χ4v) is 1.78. The van der Waals surface area contributed by atoms with E-state index in [9.17, 15) is 34.8 Å². The van der Waals surface area contributed by atoms with Crippen LogP contribution in [0.25, 0.3) is 0 Å². The third-order valence-corrected chi connectivity index (χ3v) is 2.61. The smallest absolute Gasteiger partial charge is 0.387 e. The van der Waals surface area contributed by atoms with E-state index in [1.165, 1.54) is 0 Å². The Bertz CT molecular complexity index is 588. The summed E-state index contributed by atoms with van der Waals surface area (Å²) in [4.78, 5) is -2.03. The van der Waals surface area contributed by atoms with Gasteiger partial charge in [-0.05, 0) is 0 Å². The van der Waals surface area contributed by atoms with E-state index in [-0.39, 0.29) is 0 Å². The Morgan fingerprint density at radius 1 is 0.944 bits per heavy atom. The number of nitrogens with two attached hydrogens (primary N) is 1. The van der Waals surface area contributed by atoms with Crippen molar-refractivity contribution in [2.75, 3.05) is 0 Å². The molecular weight excluding hydrogens is 292 g/mol. The number of halogens is 6. The molecule has 0 aromatic heterocycles. The Labute approximate surface area is 96.0 Å². The number of ether oxygens (including phenoxy) is 1. The summed E-state index contributed by atoms with van der Waals surface area (Å²) < 4.78 is 100. The van der Waals surface area contributed by atoms with Gasteiger partial charge >= 0.3 is 6.61 Å². The van der Waals surface area contributed by atoms with Crippen molar-refractivity contribution in [2.45, 2.75) is 11.5 Å². The zero-order valence-electron chi connectivity index (χ0n) is 8.06. The molecule has 4 nitrogen and oxygen atoms in total. The summed E-state index contributed by atoms with van der Waals surface area (Å²) in [7, 11) is -5.15. The minimum atomic E-state index is -5.15. The molecular formula is C7H3F6NO3S. The lowest BCUT2D eigenvalue weighted by Crippen LogP contribution is -2.20. The fourth-order valence-electron chi connectivity index (χ4n) is 1.04. The van der Waals surface area contributed by atoms with Gasteiger partial charge in [0.2, 0.25) is 21.7 Å². The van der Waals surface area contributed by atoms with Crippen LogP contribution in [-0.4, -0.2) is 15.0 Å². The maximum absolute atomic E-state index is 13.1. The highest BCUT2D eigenvalue weighted by molar-refractivity contribution is 7.89. The second kappa shape index (κ2) is 4.65. The van der Waals surface area contributed by atoms with Crippen molar-refractivity contribution in [3.05, 3.63) is 23.3 Å². The van der Waals surface area contributed by atoms with E-state index in [0.29, 0.717) is 0 Å². The molecule has 0 fully saturated rings. The van der Waals surface area contributed by atoms with Crippen LogP contribution < -0.4 is 9.88 Å². The fraction of sp³-hybridized carbons (Fsp3) is 0.143. The molecule has 0 radical (unpaired) electrons. The molecule has 0 bridgehead atoms. The molecule has 102 valence electrons. The minimum Gasteiger partial charge on any atom is -0.430 e. The summed E-state index contributed by atoms with van der Waals surface area (Å²) >= 11 is 0. The van der Waals surface area contributed by atoms with Crippen LogP contribution in [0.3, 0.4) is 0 Å². The van der Waals surface area contributed by atoms with E-state index in [2.05, 4.69) is 9.88 Å². The number of sulfonamides is 1. The van der Waals surface area contributed by atoms with Gasteiger partial charge in [-0.2, -0.15) is 13.2 Å². The molecule has 0 aliphatic rings. The normalized spacial score (nSPS) is 12.0. The Kier molecular flexibility index (Phi) is 3.76. The van der Waals surface area contributed by atoms with Crippen LogP contribution in [0.5, 0.6) is 5.75 Å². The van der Waals surface area contributed by atoms with Gasteiger partial charge in [-0.15, -0.1) is 0 Å². The largest absolute Gasteiger partial charge is 0.430 e. The summed E-state index contributed by atoms with van der Waals surface area (Å²) in [6.07, 6.45) is 0. The Balaban J connectivity index is 3.76. The highest BCUT2D eigenvalue weighted by atomic mass is 32.2. The number of hydrogen-bond donors (Lipinski definition) is 1. The van der Waals surface area contributed by atoms with Crippen molar-refractivity contribution in [3.63, 3.8) is 0 Å². The molecule has 0 unspecified atom stereocenters. The van der Waals surface area contributed by atoms with Crippen LogP contribution in [0.4, 0.5) is 26.3 Å². The lowest BCUT2D eigenvalue weighted by atomic mass is 10.3. The predicted molar refractivity (Wildman–Crippen MR) is 44.3 cm³/mol. The molecule has 0 saturated heterocycles. The summed E-state index contributed by atoms with van der Waals surface area (Å²) in [5.41, 5.74) is 0. The standard InChI is InChI=1S/C7H3F6NO3S/c8-1-2(9)4(11)6(18(14,15)16)5(3(1)10)17-7(12)13/h7H,(H2,14,15,16). The molecule has 11 heteroatoms. The number of primary sulfonamides is 1. The monoisotopic (exact) mass is 295 g/mol. The first-order chi connectivity index (χ1) is 8.07. The van der Waals surface area contributed by atoms with E-state index in [4.69, 9.17) is 0 Å². The Hall–Kier alpha value is -1.49. The summed E-state index contributed by atoms with van der Waals surface area (Å²) in [6, 6.07) is 0. The first-order valence-electron chi connectivity index (χ1n) is 3.91. The number of alkyl halides is 2. The molecule has 1 rings (SSSR count). The molecule has 0 saturated carbocycles. The van der Waals surface area contributed by atoms with E-state index in [1.807, 2.05) is 0 Å². The van der Waals surface area contributed by atoms with E-state index >= 15 is 0 Å². The van der Waals surface area contributed by atoms with Crippen LogP contribution in [0.1, 0.15) is 0 Å². The molecule has 1 aromatic rings. The summed E-state index contributed by atoms with van der Waals surface area (Å²) in [5.74, 6) is -11.9. The van der Waals surface area contributed by atoms with Gasteiger partial charge in [0.25, 0.3) is 0 Å². The van der Waals surface area contributed by atoms with Crippen molar-refractivity contribution >= 4 is 10.0 Å². The molecule has 2 N–H and O–H groups in total. The molecule has 0 atom stereocenters. The zero-order chi connectivity index (χ0) is 14.2. The lowest BCUT2D eigenvalue weighted by Gasteiger charge is -2.12. The van der Waals surface area contributed by atoms with E-state index in [1.54, 1.807) is 0 Å². The van der Waals surface area contributed by atoms with Gasteiger partial charge in [0.1, 0.15) is 0 Å². The molecule has 1 aromatic carbocycles. The molecule has 0 heterocycles. The number of hydrogen-bond acceptors (Lipinski definition) is 3. The van der Waals surface area contributed by atoms with Crippen LogP contribution in [0, 0.1) is 23.3 Å². The molecule has 0 spiro atoms. The van der Waals surface area contributed by atoms with Gasteiger partial charge < -0.3 is 4.74 Å². The Morgan fingerprint density at radius 3 is 1.78 bits per heavy atom. The molecule has 18 heavy (non-hydrogen) atoms. The SMILES string of the molecule is NS(=O)(=O)c1c(F)c(F)c(F)c(F)c1OC(F)F. The average Bonchev–Trinajstić information content (AvgIpc) is 2.20. The highest BCUT2D eigenvalue weighted by Gasteiger charge is 2.33. The highest BCUT2D eigenvalue weighted by Crippen LogP contribution is 2.34. The summed E-state index contributed by atoms with van der Waals surface area (Å²) in [5, 5.41) is 4.37. The average molecular weight is 295 g/mol. The van der Waals surface area contributed by atoms with Gasteiger partial charge in [-0.1, -0.05) is 0 Å². The van der Waals surface area contributed by atoms with Crippen LogP contribution in [0.15, 0.2) is 4.90 Å². The second-order valence-electron chi connectivity index (χ2n) is 2.84. The van der Waals surface area contributed by atoms with Crippen molar-refractivity contribution in [2.24, 2.45) is 5.14 Å². The third kappa shape index (κ3) is 2.51. The van der Waals surface area contributed by atoms with Gasteiger partial charge in [0, 0.05) is 0 Å². The van der Waals surface area contributed by atoms with Gasteiger partial charge in [0.05, 0.1) is 0 Å². The first-order valence-corrected chi connectivity index (χ1v) is 5.45. The zero-order valence-corrected chi connectivity index (χ0v) is 8.87. The van der Waals surface area contributed by atoms with Crippen molar-refractivity contribution < 1.29 is 39.5 Å². The van der Waals surface area contributed by atoms with Crippen molar-refractivity contribution in [1.29, 1.82) is 0 Å². The predicted octanol–water partition coefficient (Wildman–Crippen LogP) is 1.49. The second-order valence-corrected chi connectivity index (χ2v) is 4.34. The van der Waals surface area contributed by atoms with Gasteiger partial charge in [-0.25, -0.2) is 26.7 Å². The van der Waals surface area contributed by atoms with E-state index < -0.39 is 50.5 Å². The number of rotatable bonds is 3. The van der Waals surface area contributed by atoms with Crippen LogP contribution in [0.2, 0.25) is 0 Å². The molecule has 0 aliphatic carbocycles. The maximum Gasteiger partial charge on any atom is 0.387 e. The Morgan fingerprint density at radius 2 is 1.39 bits per heavy atom. The number of benzene rings is 1. The molecule has 0 amide bonds. The maximum atomic E-state index is 13.1. The summed E-state index contributed by atoms with van der Waals surface area (Å²) in [6.45, 7) is -3.80. The lowest BCUT2D eigenvalue weighted by molar-refractivity contribution is -0.0551. The van der Waals surface area contributed by atoms with Gasteiger partial charge in [0.15, 0.2) is 22.3 Å². The quantitative estimate of drug-likeness (QED) is 0.522. The van der Waals surface area contributed by atoms with Crippen LogP contribution >= 0.6 is 0 Å². The molecule has 0 aliphatic heterocycles. The van der Waals surface area contributed by atoms with E-state index in [0.717, 1.165) is 0 Å². The first kappa shape index (κ1) is 14.6. The topological polar surface area (TPSA) is 69.4 Å².